The molecule has 0 fully saturated rings. The Balaban J connectivity index is 3.37. The van der Waals surface area contributed by atoms with Crippen molar-refractivity contribution in [1.29, 1.82) is 0 Å². The highest BCUT2D eigenvalue weighted by molar-refractivity contribution is 8.13. The van der Waals surface area contributed by atoms with Gasteiger partial charge in [-0.15, -0.1) is 0 Å². The Bertz CT molecular complexity index is 514. The summed E-state index contributed by atoms with van der Waals surface area (Å²) in [5, 5.41) is 0.121. The molecule has 0 atom stereocenters. The molecule has 0 saturated heterocycles. The van der Waals surface area contributed by atoms with Gasteiger partial charge in [0.1, 0.15) is 0 Å². The average molecular weight is 287 g/mol. The smallest absolute Gasteiger partial charge is 0.236 e. The van der Waals surface area contributed by atoms with Crippen LogP contribution in [0.4, 0.5) is 4.39 Å². The van der Waals surface area contributed by atoms with Gasteiger partial charge in [0, 0.05) is 16.2 Å². The second-order valence-electron chi connectivity index (χ2n) is 3.20. The van der Waals surface area contributed by atoms with E-state index in [-0.39, 0.29) is 16.3 Å². The highest BCUT2D eigenvalue weighted by Gasteiger charge is 2.19. The van der Waals surface area contributed by atoms with E-state index in [0.29, 0.717) is 5.56 Å². The summed E-state index contributed by atoms with van der Waals surface area (Å²) in [5.41, 5.74) is 0.462. The normalized spacial score (nSPS) is 11.6. The predicted octanol–water partition coefficient (Wildman–Crippen LogP) is 2.86. The summed E-state index contributed by atoms with van der Waals surface area (Å²) in [6, 6.07) is 1.33. The fraction of sp³-hybridized carbons (Fsp3) is 0.333. The third-order valence-electron chi connectivity index (χ3n) is 1.95. The highest BCUT2D eigenvalue weighted by Crippen LogP contribution is 2.34. The van der Waals surface area contributed by atoms with Gasteiger partial charge in [0.15, 0.2) is 11.6 Å². The molecule has 0 radical (unpaired) electrons. The van der Waals surface area contributed by atoms with Crippen molar-refractivity contribution in [3.63, 3.8) is 0 Å². The molecule has 1 aromatic carbocycles. The van der Waals surface area contributed by atoms with Gasteiger partial charge in [-0.05, 0) is 12.5 Å². The first kappa shape index (κ1) is 13.5. The zero-order chi connectivity index (χ0) is 12.5. The molecular weight excluding hydrogens is 278 g/mol. The lowest BCUT2D eigenvalue weighted by molar-refractivity contribution is 0.384. The molecule has 3 nitrogen and oxygen atoms in total. The SMILES string of the molecule is COc1c(F)c(CS(=O)(=O)Cl)cc(C)c1Cl. The summed E-state index contributed by atoms with van der Waals surface area (Å²) in [6.45, 7) is 1.62. The van der Waals surface area contributed by atoms with Crippen LogP contribution in [-0.4, -0.2) is 15.5 Å². The second kappa shape index (κ2) is 4.77. The van der Waals surface area contributed by atoms with E-state index in [1.165, 1.54) is 13.2 Å². The maximum atomic E-state index is 13.7. The third kappa shape index (κ3) is 2.99. The van der Waals surface area contributed by atoms with Crippen LogP contribution in [0.15, 0.2) is 6.07 Å². The highest BCUT2D eigenvalue weighted by atomic mass is 35.7. The Labute approximate surface area is 103 Å². The lowest BCUT2D eigenvalue weighted by Crippen LogP contribution is -2.02. The van der Waals surface area contributed by atoms with Crippen LogP contribution in [0.5, 0.6) is 5.75 Å². The fourth-order valence-electron chi connectivity index (χ4n) is 1.28. The molecule has 0 aliphatic rings. The van der Waals surface area contributed by atoms with E-state index in [9.17, 15) is 12.8 Å². The molecule has 0 spiro atoms. The number of aryl methyl sites for hydroxylation is 1. The van der Waals surface area contributed by atoms with Crippen molar-refractivity contribution in [2.45, 2.75) is 12.7 Å². The van der Waals surface area contributed by atoms with E-state index >= 15 is 0 Å². The van der Waals surface area contributed by atoms with Crippen LogP contribution in [0.1, 0.15) is 11.1 Å². The first-order valence-electron chi connectivity index (χ1n) is 4.20. The minimum absolute atomic E-state index is 0.0613. The van der Waals surface area contributed by atoms with E-state index in [1.807, 2.05) is 0 Å². The number of ether oxygens (including phenoxy) is 1. The predicted molar refractivity (Wildman–Crippen MR) is 61.2 cm³/mol. The van der Waals surface area contributed by atoms with Crippen molar-refractivity contribution in [2.75, 3.05) is 7.11 Å². The quantitative estimate of drug-likeness (QED) is 0.803. The molecule has 0 saturated carbocycles. The largest absolute Gasteiger partial charge is 0.492 e. The van der Waals surface area contributed by atoms with Crippen LogP contribution in [0.25, 0.3) is 0 Å². The summed E-state index contributed by atoms with van der Waals surface area (Å²) < 4.78 is 40.2. The molecule has 0 unspecified atom stereocenters. The summed E-state index contributed by atoms with van der Waals surface area (Å²) in [4.78, 5) is 0. The average Bonchev–Trinajstić information content (AvgIpc) is 2.13. The van der Waals surface area contributed by atoms with Gasteiger partial charge in [-0.25, -0.2) is 12.8 Å². The van der Waals surface area contributed by atoms with Gasteiger partial charge < -0.3 is 4.74 Å². The standard InChI is InChI=1S/C9H9Cl2FO3S/c1-5-3-6(4-16(11,13)14)8(12)9(15-2)7(5)10/h3H,4H2,1-2H3. The maximum Gasteiger partial charge on any atom is 0.236 e. The van der Waals surface area contributed by atoms with Crippen molar-refractivity contribution >= 4 is 31.3 Å². The summed E-state index contributed by atoms with van der Waals surface area (Å²) in [7, 11) is 2.49. The van der Waals surface area contributed by atoms with Crippen molar-refractivity contribution in [3.8, 4) is 5.75 Å². The molecular formula is C9H9Cl2FO3S. The van der Waals surface area contributed by atoms with Crippen LogP contribution in [0, 0.1) is 12.7 Å². The van der Waals surface area contributed by atoms with Gasteiger partial charge in [0.2, 0.25) is 9.05 Å². The molecule has 1 rings (SSSR count). The Kier molecular flexibility index (Phi) is 4.04. The lowest BCUT2D eigenvalue weighted by Gasteiger charge is -2.10. The van der Waals surface area contributed by atoms with Crippen molar-refractivity contribution in [1.82, 2.24) is 0 Å². The summed E-state index contributed by atoms with van der Waals surface area (Å²) in [6.07, 6.45) is 0. The Morgan fingerprint density at radius 2 is 2.06 bits per heavy atom. The van der Waals surface area contributed by atoms with Crippen LogP contribution in [-0.2, 0) is 14.8 Å². The van der Waals surface area contributed by atoms with E-state index in [0.717, 1.165) is 0 Å². The topological polar surface area (TPSA) is 43.4 Å². The molecule has 0 heterocycles. The molecule has 0 aromatic heterocycles. The first-order chi connectivity index (χ1) is 7.26. The van der Waals surface area contributed by atoms with Gasteiger partial charge in [0.25, 0.3) is 0 Å². The van der Waals surface area contributed by atoms with Gasteiger partial charge in [0.05, 0.1) is 17.9 Å². The molecule has 0 amide bonds. The molecule has 90 valence electrons. The minimum atomic E-state index is -3.82. The third-order valence-corrected chi connectivity index (χ3v) is 3.40. The molecule has 0 aliphatic carbocycles. The maximum absolute atomic E-state index is 13.7. The summed E-state index contributed by atoms with van der Waals surface area (Å²) >= 11 is 5.79. The van der Waals surface area contributed by atoms with E-state index in [4.69, 9.17) is 27.0 Å². The van der Waals surface area contributed by atoms with E-state index in [1.54, 1.807) is 6.92 Å². The molecule has 1 aromatic rings. The van der Waals surface area contributed by atoms with Crippen LogP contribution in [0.3, 0.4) is 0 Å². The zero-order valence-corrected chi connectivity index (χ0v) is 10.9. The molecule has 16 heavy (non-hydrogen) atoms. The monoisotopic (exact) mass is 286 g/mol. The Morgan fingerprint density at radius 1 is 1.50 bits per heavy atom. The number of methoxy groups -OCH3 is 1. The Morgan fingerprint density at radius 3 is 2.50 bits per heavy atom. The van der Waals surface area contributed by atoms with Gasteiger partial charge in [-0.1, -0.05) is 17.7 Å². The number of hydrogen-bond donors (Lipinski definition) is 0. The second-order valence-corrected chi connectivity index (χ2v) is 6.35. The number of benzene rings is 1. The van der Waals surface area contributed by atoms with E-state index < -0.39 is 20.6 Å². The molecule has 0 bridgehead atoms. The van der Waals surface area contributed by atoms with Gasteiger partial charge in [-0.2, -0.15) is 0 Å². The minimum Gasteiger partial charge on any atom is -0.492 e. The van der Waals surface area contributed by atoms with Crippen LogP contribution >= 0.6 is 22.3 Å². The van der Waals surface area contributed by atoms with E-state index in [2.05, 4.69) is 0 Å². The molecule has 7 heteroatoms. The number of rotatable bonds is 3. The van der Waals surface area contributed by atoms with Crippen molar-refractivity contribution in [3.05, 3.63) is 28.0 Å². The van der Waals surface area contributed by atoms with Crippen molar-refractivity contribution in [2.24, 2.45) is 0 Å². The summed E-state index contributed by atoms with van der Waals surface area (Å²) in [5.74, 6) is -1.58. The number of hydrogen-bond acceptors (Lipinski definition) is 3. The lowest BCUT2D eigenvalue weighted by atomic mass is 10.1. The van der Waals surface area contributed by atoms with Gasteiger partial charge >= 0.3 is 0 Å². The number of halogens is 3. The molecule has 0 aliphatic heterocycles. The molecule has 0 N–H and O–H groups in total. The fourth-order valence-corrected chi connectivity index (χ4v) is 2.43. The zero-order valence-electron chi connectivity index (χ0n) is 8.55. The first-order valence-corrected chi connectivity index (χ1v) is 7.05. The van der Waals surface area contributed by atoms with Crippen LogP contribution < -0.4 is 4.74 Å². The van der Waals surface area contributed by atoms with Gasteiger partial charge in [-0.3, -0.25) is 0 Å². The van der Waals surface area contributed by atoms with Crippen molar-refractivity contribution < 1.29 is 17.5 Å². The van der Waals surface area contributed by atoms with Crippen LogP contribution in [0.2, 0.25) is 5.02 Å². The Hall–Kier alpha value is -0.520.